The highest BCUT2D eigenvalue weighted by atomic mass is 15.2. The van der Waals surface area contributed by atoms with Gasteiger partial charge in [-0.2, -0.15) is 0 Å². The lowest BCUT2D eigenvalue weighted by Gasteiger charge is -2.24. The van der Waals surface area contributed by atoms with Gasteiger partial charge in [0.1, 0.15) is 0 Å². The maximum Gasteiger partial charge on any atom is 0.0373 e. The molecule has 0 bridgehead atoms. The van der Waals surface area contributed by atoms with Crippen LogP contribution in [-0.4, -0.2) is 28.6 Å². The fraction of sp³-hybridized carbons (Fsp3) is 0.636. The Hall–Kier alpha value is -0.760. The molecule has 1 aromatic rings. The van der Waals surface area contributed by atoms with Crippen molar-refractivity contribution in [2.45, 2.75) is 38.4 Å². The van der Waals surface area contributed by atoms with Gasteiger partial charge in [-0.1, -0.05) is 0 Å². The van der Waals surface area contributed by atoms with E-state index < -0.39 is 0 Å². The van der Waals surface area contributed by atoms with Gasteiger partial charge in [0.15, 0.2) is 0 Å². The molecule has 1 aromatic heterocycles. The number of nitrogens with zero attached hydrogens (tertiary/aromatic N) is 2. The van der Waals surface area contributed by atoms with Crippen molar-refractivity contribution in [2.24, 2.45) is 0 Å². The predicted molar refractivity (Wildman–Crippen MR) is 54.7 cm³/mol. The molecule has 1 aliphatic rings. The van der Waals surface area contributed by atoms with Gasteiger partial charge in [-0.25, -0.2) is 0 Å². The Morgan fingerprint density at radius 3 is 2.54 bits per heavy atom. The monoisotopic (exact) mass is 178 g/mol. The van der Waals surface area contributed by atoms with Gasteiger partial charge in [0.2, 0.25) is 0 Å². The summed E-state index contributed by atoms with van der Waals surface area (Å²) in [5, 5.41) is 0. The molecule has 2 nitrogen and oxygen atoms in total. The Morgan fingerprint density at radius 1 is 1.38 bits per heavy atom. The second-order valence-electron chi connectivity index (χ2n) is 4.13. The number of hydrogen-bond acceptors (Lipinski definition) is 1. The van der Waals surface area contributed by atoms with Crippen LogP contribution in [0.4, 0.5) is 0 Å². The van der Waals surface area contributed by atoms with Gasteiger partial charge < -0.3 is 4.57 Å². The molecule has 1 unspecified atom stereocenters. The molecule has 2 heteroatoms. The third kappa shape index (κ3) is 2.13. The fourth-order valence-corrected chi connectivity index (χ4v) is 1.77. The van der Waals surface area contributed by atoms with Crippen LogP contribution in [0.1, 0.15) is 19.8 Å². The molecule has 2 rings (SSSR count). The van der Waals surface area contributed by atoms with Crippen molar-refractivity contribution in [3.05, 3.63) is 24.5 Å². The molecule has 1 heterocycles. The largest absolute Gasteiger partial charge is 0.353 e. The molecule has 0 saturated heterocycles. The average molecular weight is 178 g/mol. The second-order valence-corrected chi connectivity index (χ2v) is 4.13. The first-order chi connectivity index (χ1) is 6.27. The van der Waals surface area contributed by atoms with E-state index in [9.17, 15) is 0 Å². The summed E-state index contributed by atoms with van der Waals surface area (Å²) in [7, 11) is 2.24. The SMILES string of the molecule is CC(Cn1cccc1)N(C)C1CC1. The summed E-state index contributed by atoms with van der Waals surface area (Å²) < 4.78 is 2.25. The zero-order valence-electron chi connectivity index (χ0n) is 8.48. The zero-order valence-corrected chi connectivity index (χ0v) is 8.48. The van der Waals surface area contributed by atoms with Crippen molar-refractivity contribution in [3.63, 3.8) is 0 Å². The lowest BCUT2D eigenvalue weighted by atomic mass is 10.3. The van der Waals surface area contributed by atoms with Crippen molar-refractivity contribution >= 4 is 0 Å². The first-order valence-electron chi connectivity index (χ1n) is 5.10. The summed E-state index contributed by atoms with van der Waals surface area (Å²) in [6.45, 7) is 3.42. The minimum Gasteiger partial charge on any atom is -0.353 e. The van der Waals surface area contributed by atoms with Crippen LogP contribution >= 0.6 is 0 Å². The smallest absolute Gasteiger partial charge is 0.0373 e. The van der Waals surface area contributed by atoms with Gasteiger partial charge in [-0.15, -0.1) is 0 Å². The summed E-state index contributed by atoms with van der Waals surface area (Å²) in [6.07, 6.45) is 7.06. The standard InChI is InChI=1S/C11H18N2/c1-10(12(2)11-5-6-11)9-13-7-3-4-8-13/h3-4,7-8,10-11H,5-6,9H2,1-2H3. The van der Waals surface area contributed by atoms with E-state index in [0.717, 1.165) is 12.6 Å². The van der Waals surface area contributed by atoms with Crippen LogP contribution in [0, 0.1) is 0 Å². The maximum absolute atomic E-state index is 2.50. The molecule has 0 spiro atoms. The normalized spacial score (nSPS) is 19.3. The van der Waals surface area contributed by atoms with E-state index in [4.69, 9.17) is 0 Å². The second kappa shape index (κ2) is 3.54. The highest BCUT2D eigenvalue weighted by Crippen LogP contribution is 2.27. The molecule has 1 fully saturated rings. The molecule has 1 atom stereocenters. The van der Waals surface area contributed by atoms with E-state index in [2.05, 4.69) is 48.0 Å². The van der Waals surface area contributed by atoms with Gasteiger partial charge in [-0.3, -0.25) is 4.90 Å². The van der Waals surface area contributed by atoms with E-state index in [1.165, 1.54) is 12.8 Å². The molecular formula is C11H18N2. The summed E-state index contributed by atoms with van der Waals surface area (Å²) >= 11 is 0. The minimum atomic E-state index is 0.653. The molecular weight excluding hydrogens is 160 g/mol. The van der Waals surface area contributed by atoms with E-state index in [1.54, 1.807) is 0 Å². The lowest BCUT2D eigenvalue weighted by Crippen LogP contribution is -2.34. The van der Waals surface area contributed by atoms with E-state index in [0.29, 0.717) is 6.04 Å². The van der Waals surface area contributed by atoms with Crippen molar-refractivity contribution in [1.82, 2.24) is 9.47 Å². The van der Waals surface area contributed by atoms with Crippen LogP contribution in [0.2, 0.25) is 0 Å². The Labute approximate surface area is 80.2 Å². The third-order valence-corrected chi connectivity index (χ3v) is 2.96. The van der Waals surface area contributed by atoms with Crippen molar-refractivity contribution < 1.29 is 0 Å². The number of likely N-dealkylation sites (N-methyl/N-ethyl adjacent to an activating group) is 1. The highest BCUT2D eigenvalue weighted by molar-refractivity contribution is 4.92. The van der Waals surface area contributed by atoms with Crippen LogP contribution in [0.15, 0.2) is 24.5 Å². The Bertz CT molecular complexity index is 249. The van der Waals surface area contributed by atoms with Gasteiger partial charge in [0, 0.05) is 31.0 Å². The van der Waals surface area contributed by atoms with Gasteiger partial charge in [0.05, 0.1) is 0 Å². The zero-order chi connectivity index (χ0) is 9.26. The highest BCUT2D eigenvalue weighted by Gasteiger charge is 2.28. The summed E-state index contributed by atoms with van der Waals surface area (Å²) in [4.78, 5) is 2.50. The van der Waals surface area contributed by atoms with E-state index in [1.807, 2.05) is 0 Å². The first kappa shape index (κ1) is 8.82. The van der Waals surface area contributed by atoms with Crippen LogP contribution in [0.3, 0.4) is 0 Å². The number of hydrogen-bond donors (Lipinski definition) is 0. The van der Waals surface area contributed by atoms with Crippen LogP contribution in [0.5, 0.6) is 0 Å². The molecule has 0 radical (unpaired) electrons. The third-order valence-electron chi connectivity index (χ3n) is 2.96. The van der Waals surface area contributed by atoms with E-state index >= 15 is 0 Å². The molecule has 0 N–H and O–H groups in total. The van der Waals surface area contributed by atoms with Crippen molar-refractivity contribution in [1.29, 1.82) is 0 Å². The fourth-order valence-electron chi connectivity index (χ4n) is 1.77. The minimum absolute atomic E-state index is 0.653. The number of aromatic nitrogens is 1. The van der Waals surface area contributed by atoms with Gasteiger partial charge in [0.25, 0.3) is 0 Å². The molecule has 0 amide bonds. The number of rotatable bonds is 4. The van der Waals surface area contributed by atoms with Crippen molar-refractivity contribution in [2.75, 3.05) is 7.05 Å². The Morgan fingerprint density at radius 2 is 2.00 bits per heavy atom. The quantitative estimate of drug-likeness (QED) is 0.684. The van der Waals surface area contributed by atoms with Gasteiger partial charge >= 0.3 is 0 Å². The maximum atomic E-state index is 2.50. The molecule has 72 valence electrons. The summed E-state index contributed by atoms with van der Waals surface area (Å²) in [5.74, 6) is 0. The molecule has 1 aliphatic carbocycles. The summed E-state index contributed by atoms with van der Waals surface area (Å²) in [6, 6.07) is 5.69. The first-order valence-corrected chi connectivity index (χ1v) is 5.10. The van der Waals surface area contributed by atoms with Crippen LogP contribution in [-0.2, 0) is 6.54 Å². The lowest BCUT2D eigenvalue weighted by molar-refractivity contribution is 0.226. The summed E-state index contributed by atoms with van der Waals surface area (Å²) in [5.41, 5.74) is 0. The molecule has 0 aromatic carbocycles. The molecule has 13 heavy (non-hydrogen) atoms. The topological polar surface area (TPSA) is 8.17 Å². The Kier molecular flexibility index (Phi) is 2.40. The molecule has 1 saturated carbocycles. The van der Waals surface area contributed by atoms with Gasteiger partial charge in [-0.05, 0) is 38.9 Å². The average Bonchev–Trinajstić information content (AvgIpc) is 2.85. The Balaban J connectivity index is 1.86. The predicted octanol–water partition coefficient (Wildman–Crippen LogP) is 1.97. The van der Waals surface area contributed by atoms with Crippen LogP contribution in [0.25, 0.3) is 0 Å². The van der Waals surface area contributed by atoms with Crippen molar-refractivity contribution in [3.8, 4) is 0 Å². The molecule has 0 aliphatic heterocycles. The van der Waals surface area contributed by atoms with E-state index in [-0.39, 0.29) is 0 Å². The van der Waals surface area contributed by atoms with Crippen LogP contribution < -0.4 is 0 Å².